The molecule has 20 heavy (non-hydrogen) atoms. The first-order valence-electron chi connectivity index (χ1n) is 6.77. The summed E-state index contributed by atoms with van der Waals surface area (Å²) in [6.07, 6.45) is 6.16. The summed E-state index contributed by atoms with van der Waals surface area (Å²) in [6, 6.07) is 1.97. The molecule has 1 aliphatic rings. The Kier molecular flexibility index (Phi) is 3.22. The van der Waals surface area contributed by atoms with Gasteiger partial charge in [0.15, 0.2) is 0 Å². The summed E-state index contributed by atoms with van der Waals surface area (Å²) in [7, 11) is 0. The van der Waals surface area contributed by atoms with E-state index in [4.69, 9.17) is 0 Å². The maximum Gasteiger partial charge on any atom is 0.250 e. The Morgan fingerprint density at radius 3 is 2.60 bits per heavy atom. The molecule has 2 aromatic heterocycles. The molecule has 1 fully saturated rings. The van der Waals surface area contributed by atoms with Gasteiger partial charge >= 0.3 is 0 Å². The van der Waals surface area contributed by atoms with Crippen LogP contribution in [0, 0.1) is 19.8 Å². The molecule has 0 saturated heterocycles. The molecular weight excluding hydrogens is 254 g/mol. The molecule has 0 spiro atoms. The molecular formula is C14H17N5O. The van der Waals surface area contributed by atoms with Crippen molar-refractivity contribution in [2.75, 3.05) is 5.32 Å². The van der Waals surface area contributed by atoms with Crippen LogP contribution in [0.15, 0.2) is 18.5 Å². The Morgan fingerprint density at radius 1 is 1.35 bits per heavy atom. The van der Waals surface area contributed by atoms with E-state index in [1.165, 1.54) is 12.8 Å². The molecule has 1 N–H and O–H groups in total. The van der Waals surface area contributed by atoms with E-state index < -0.39 is 0 Å². The quantitative estimate of drug-likeness (QED) is 0.923. The van der Waals surface area contributed by atoms with Crippen LogP contribution in [0.25, 0.3) is 5.95 Å². The third kappa shape index (κ3) is 2.84. The fourth-order valence-corrected chi connectivity index (χ4v) is 2.12. The molecule has 0 aliphatic heterocycles. The maximum absolute atomic E-state index is 11.7. The minimum atomic E-state index is 0.0370. The van der Waals surface area contributed by atoms with Crippen molar-refractivity contribution in [1.29, 1.82) is 0 Å². The number of carbonyl (C=O) groups excluding carboxylic acids is 1. The highest BCUT2D eigenvalue weighted by molar-refractivity contribution is 5.90. The molecule has 0 radical (unpaired) electrons. The van der Waals surface area contributed by atoms with Crippen LogP contribution < -0.4 is 5.32 Å². The Hall–Kier alpha value is -2.24. The first-order chi connectivity index (χ1) is 9.61. The fourth-order valence-electron chi connectivity index (χ4n) is 2.12. The molecule has 0 atom stereocenters. The van der Waals surface area contributed by atoms with E-state index in [1.807, 2.05) is 19.9 Å². The molecule has 1 saturated carbocycles. The normalized spacial score (nSPS) is 14.3. The summed E-state index contributed by atoms with van der Waals surface area (Å²) in [4.78, 5) is 20.2. The van der Waals surface area contributed by atoms with E-state index in [1.54, 1.807) is 17.1 Å². The zero-order valence-electron chi connectivity index (χ0n) is 11.6. The number of aromatic nitrogens is 4. The lowest BCUT2D eigenvalue weighted by Crippen LogP contribution is -2.13. The van der Waals surface area contributed by atoms with Crippen LogP contribution in [0.5, 0.6) is 0 Å². The summed E-state index contributed by atoms with van der Waals surface area (Å²) >= 11 is 0. The van der Waals surface area contributed by atoms with Crippen molar-refractivity contribution < 1.29 is 4.79 Å². The van der Waals surface area contributed by atoms with Gasteiger partial charge in [-0.3, -0.25) is 4.79 Å². The van der Waals surface area contributed by atoms with Gasteiger partial charge in [0.25, 0.3) is 5.95 Å². The van der Waals surface area contributed by atoms with Gasteiger partial charge in [-0.05, 0) is 38.7 Å². The number of anilines is 1. The third-order valence-corrected chi connectivity index (χ3v) is 3.29. The van der Waals surface area contributed by atoms with Gasteiger partial charge in [-0.25, -0.2) is 14.6 Å². The van der Waals surface area contributed by atoms with E-state index in [0.717, 1.165) is 11.4 Å². The van der Waals surface area contributed by atoms with Gasteiger partial charge in [0.05, 0.1) is 23.8 Å². The van der Waals surface area contributed by atoms with E-state index in [-0.39, 0.29) is 5.91 Å². The minimum Gasteiger partial charge on any atom is -0.323 e. The number of hydrogen-bond donors (Lipinski definition) is 1. The molecule has 2 aromatic rings. The molecule has 3 rings (SSSR count). The van der Waals surface area contributed by atoms with Gasteiger partial charge in [0.1, 0.15) is 0 Å². The number of rotatable bonds is 4. The smallest absolute Gasteiger partial charge is 0.250 e. The third-order valence-electron chi connectivity index (χ3n) is 3.29. The molecule has 0 unspecified atom stereocenters. The van der Waals surface area contributed by atoms with E-state index in [0.29, 0.717) is 24.0 Å². The highest BCUT2D eigenvalue weighted by atomic mass is 16.1. The van der Waals surface area contributed by atoms with Crippen molar-refractivity contribution in [3.63, 3.8) is 0 Å². The highest BCUT2D eigenvalue weighted by Crippen LogP contribution is 2.32. The molecule has 0 bridgehead atoms. The standard InChI is InChI=1S/C14H17N5O/c1-9-5-10(2)19(18-9)14-15-7-12(8-16-14)17-13(20)6-11-3-4-11/h5,7-8,11H,3-4,6H2,1-2H3,(H,17,20). The molecule has 1 amide bonds. The fraction of sp³-hybridized carbons (Fsp3) is 0.429. The Morgan fingerprint density at radius 2 is 2.05 bits per heavy atom. The van der Waals surface area contributed by atoms with Crippen molar-refractivity contribution >= 4 is 11.6 Å². The predicted molar refractivity (Wildman–Crippen MR) is 74.6 cm³/mol. The first kappa shape index (κ1) is 12.8. The lowest BCUT2D eigenvalue weighted by atomic mass is 10.3. The number of amides is 1. The van der Waals surface area contributed by atoms with Crippen molar-refractivity contribution in [3.8, 4) is 5.95 Å². The van der Waals surface area contributed by atoms with Crippen LogP contribution in [0.4, 0.5) is 5.69 Å². The summed E-state index contributed by atoms with van der Waals surface area (Å²) < 4.78 is 1.69. The van der Waals surface area contributed by atoms with Crippen LogP contribution in [-0.4, -0.2) is 25.7 Å². The number of hydrogen-bond acceptors (Lipinski definition) is 4. The number of aryl methyl sites for hydroxylation is 2. The lowest BCUT2D eigenvalue weighted by molar-refractivity contribution is -0.116. The van der Waals surface area contributed by atoms with Gasteiger partial charge in [-0.15, -0.1) is 0 Å². The molecule has 6 heteroatoms. The summed E-state index contributed by atoms with van der Waals surface area (Å²) in [5.74, 6) is 1.12. The molecule has 6 nitrogen and oxygen atoms in total. The summed E-state index contributed by atoms with van der Waals surface area (Å²) in [6.45, 7) is 3.88. The van der Waals surface area contributed by atoms with E-state index >= 15 is 0 Å². The van der Waals surface area contributed by atoms with Gasteiger partial charge in [-0.1, -0.05) is 0 Å². The summed E-state index contributed by atoms with van der Waals surface area (Å²) in [5, 5.41) is 7.14. The lowest BCUT2D eigenvalue weighted by Gasteiger charge is -2.05. The second-order valence-electron chi connectivity index (χ2n) is 5.31. The first-order valence-corrected chi connectivity index (χ1v) is 6.77. The van der Waals surface area contributed by atoms with E-state index in [2.05, 4.69) is 20.4 Å². The van der Waals surface area contributed by atoms with Crippen molar-refractivity contribution in [3.05, 3.63) is 29.8 Å². The Bertz CT molecular complexity index is 628. The van der Waals surface area contributed by atoms with Gasteiger partial charge in [-0.2, -0.15) is 5.10 Å². The molecule has 1 aliphatic carbocycles. The van der Waals surface area contributed by atoms with Gasteiger partial charge < -0.3 is 5.32 Å². The maximum atomic E-state index is 11.7. The Labute approximate surface area is 117 Å². The SMILES string of the molecule is Cc1cc(C)n(-c2ncc(NC(=O)CC3CC3)cn2)n1. The topological polar surface area (TPSA) is 72.7 Å². The zero-order valence-corrected chi connectivity index (χ0v) is 11.6. The number of carbonyl (C=O) groups is 1. The van der Waals surface area contributed by atoms with Crippen LogP contribution >= 0.6 is 0 Å². The summed E-state index contributed by atoms with van der Waals surface area (Å²) in [5.41, 5.74) is 2.53. The predicted octanol–water partition coefficient (Wildman–Crippen LogP) is 2.02. The van der Waals surface area contributed by atoms with Gasteiger partial charge in [0, 0.05) is 12.1 Å². The minimum absolute atomic E-state index is 0.0370. The van der Waals surface area contributed by atoms with Crippen LogP contribution in [0.3, 0.4) is 0 Å². The largest absolute Gasteiger partial charge is 0.323 e. The van der Waals surface area contributed by atoms with Crippen LogP contribution in [-0.2, 0) is 4.79 Å². The van der Waals surface area contributed by atoms with Crippen molar-refractivity contribution in [1.82, 2.24) is 19.7 Å². The number of nitrogens with one attached hydrogen (secondary N) is 1. The van der Waals surface area contributed by atoms with E-state index in [9.17, 15) is 4.79 Å². The Balaban J connectivity index is 1.70. The number of nitrogens with zero attached hydrogens (tertiary/aromatic N) is 4. The molecule has 104 valence electrons. The monoisotopic (exact) mass is 271 g/mol. The van der Waals surface area contributed by atoms with Gasteiger partial charge in [0.2, 0.25) is 5.91 Å². The molecule has 0 aromatic carbocycles. The van der Waals surface area contributed by atoms with Crippen LogP contribution in [0.2, 0.25) is 0 Å². The van der Waals surface area contributed by atoms with Crippen molar-refractivity contribution in [2.45, 2.75) is 33.1 Å². The second kappa shape index (κ2) is 5.03. The zero-order chi connectivity index (χ0) is 14.1. The highest BCUT2D eigenvalue weighted by Gasteiger charge is 2.24. The van der Waals surface area contributed by atoms with Crippen LogP contribution in [0.1, 0.15) is 30.7 Å². The average Bonchev–Trinajstić information content (AvgIpc) is 3.14. The molecule has 2 heterocycles. The van der Waals surface area contributed by atoms with Crippen molar-refractivity contribution in [2.24, 2.45) is 5.92 Å². The average molecular weight is 271 g/mol. The second-order valence-corrected chi connectivity index (χ2v) is 5.31.